The van der Waals surface area contributed by atoms with Gasteiger partial charge in [-0.1, -0.05) is 23.8 Å². The molecular formula is C23H28N2O. The van der Waals surface area contributed by atoms with Crippen molar-refractivity contribution < 1.29 is 4.79 Å². The molecule has 0 saturated heterocycles. The molecule has 0 unspecified atom stereocenters. The lowest BCUT2D eigenvalue weighted by Crippen LogP contribution is -2.55. The van der Waals surface area contributed by atoms with Crippen LogP contribution in [0.3, 0.4) is 0 Å². The molecule has 0 aliphatic heterocycles. The molecule has 4 bridgehead atoms. The van der Waals surface area contributed by atoms with Crippen LogP contribution in [-0.4, -0.2) is 16.9 Å². The van der Waals surface area contributed by atoms with Crippen LogP contribution in [0, 0.1) is 37.5 Å². The SMILES string of the molecule is Cc1ccc(-c2c[nH]c(C(=O)NC3C4CC5CC(C4)CC3C5)c2)c(C)c1. The van der Waals surface area contributed by atoms with E-state index in [-0.39, 0.29) is 5.91 Å². The summed E-state index contributed by atoms with van der Waals surface area (Å²) in [4.78, 5) is 16.1. The fraction of sp³-hybridized carbons (Fsp3) is 0.522. The predicted molar refractivity (Wildman–Crippen MR) is 104 cm³/mol. The Hall–Kier alpha value is -2.03. The maximum Gasteiger partial charge on any atom is 0.267 e. The minimum absolute atomic E-state index is 0.0680. The van der Waals surface area contributed by atoms with E-state index in [0.717, 1.165) is 17.4 Å². The van der Waals surface area contributed by atoms with Crippen LogP contribution in [0.2, 0.25) is 0 Å². The molecule has 1 aromatic carbocycles. The average Bonchev–Trinajstić information content (AvgIpc) is 3.07. The molecule has 3 heteroatoms. The molecule has 0 radical (unpaired) electrons. The van der Waals surface area contributed by atoms with Gasteiger partial charge in [0.05, 0.1) is 0 Å². The highest BCUT2D eigenvalue weighted by Gasteiger charge is 2.48. The van der Waals surface area contributed by atoms with Crippen LogP contribution in [0.4, 0.5) is 0 Å². The molecule has 2 N–H and O–H groups in total. The first kappa shape index (κ1) is 16.2. The maximum atomic E-state index is 12.9. The number of H-pyrrole nitrogens is 1. The van der Waals surface area contributed by atoms with Gasteiger partial charge in [0.25, 0.3) is 5.91 Å². The van der Waals surface area contributed by atoms with Crippen LogP contribution in [0.5, 0.6) is 0 Å². The van der Waals surface area contributed by atoms with Gasteiger partial charge in [0.2, 0.25) is 0 Å². The Labute approximate surface area is 155 Å². The smallest absolute Gasteiger partial charge is 0.267 e. The Kier molecular flexibility index (Phi) is 3.73. The molecule has 26 heavy (non-hydrogen) atoms. The van der Waals surface area contributed by atoms with E-state index in [2.05, 4.69) is 42.3 Å². The van der Waals surface area contributed by atoms with Crippen molar-refractivity contribution in [3.63, 3.8) is 0 Å². The first-order chi connectivity index (χ1) is 12.6. The molecule has 6 rings (SSSR count). The normalized spacial score (nSPS) is 32.0. The summed E-state index contributed by atoms with van der Waals surface area (Å²) in [6.07, 6.45) is 8.73. The molecule has 136 valence electrons. The lowest BCUT2D eigenvalue weighted by atomic mass is 9.54. The molecule has 0 atom stereocenters. The monoisotopic (exact) mass is 348 g/mol. The van der Waals surface area contributed by atoms with Crippen molar-refractivity contribution in [1.82, 2.24) is 10.3 Å². The number of benzene rings is 1. The van der Waals surface area contributed by atoms with E-state index in [1.165, 1.54) is 48.8 Å². The van der Waals surface area contributed by atoms with Gasteiger partial charge in [-0.15, -0.1) is 0 Å². The van der Waals surface area contributed by atoms with Crippen molar-refractivity contribution >= 4 is 5.91 Å². The highest BCUT2D eigenvalue weighted by molar-refractivity contribution is 5.94. The quantitative estimate of drug-likeness (QED) is 0.818. The summed E-state index contributed by atoms with van der Waals surface area (Å²) in [5.41, 5.74) is 5.49. The highest BCUT2D eigenvalue weighted by Crippen LogP contribution is 2.53. The second-order valence-corrected chi connectivity index (χ2v) is 9.05. The Balaban J connectivity index is 1.33. The highest BCUT2D eigenvalue weighted by atomic mass is 16.1. The first-order valence-corrected chi connectivity index (χ1v) is 10.1. The van der Waals surface area contributed by atoms with Gasteiger partial charge in [-0.3, -0.25) is 4.79 Å². The number of carbonyl (C=O) groups is 1. The predicted octanol–water partition coefficient (Wildman–Crippen LogP) is 4.85. The molecule has 3 nitrogen and oxygen atoms in total. The molecule has 1 heterocycles. The molecule has 4 aliphatic rings. The molecule has 4 aliphatic carbocycles. The molecule has 4 saturated carbocycles. The van der Waals surface area contributed by atoms with Crippen molar-refractivity contribution in [2.75, 3.05) is 0 Å². The summed E-state index contributed by atoms with van der Waals surface area (Å²) in [5.74, 6) is 3.37. The van der Waals surface area contributed by atoms with E-state index >= 15 is 0 Å². The topological polar surface area (TPSA) is 44.9 Å². The van der Waals surface area contributed by atoms with Crippen molar-refractivity contribution in [3.05, 3.63) is 47.3 Å². The number of aromatic amines is 1. The maximum absolute atomic E-state index is 12.9. The van der Waals surface area contributed by atoms with Gasteiger partial charge in [0.15, 0.2) is 0 Å². The minimum atomic E-state index is 0.0680. The Bertz CT molecular complexity index is 822. The Morgan fingerprint density at radius 2 is 1.69 bits per heavy atom. The number of amides is 1. The van der Waals surface area contributed by atoms with Crippen molar-refractivity contribution in [3.8, 4) is 11.1 Å². The van der Waals surface area contributed by atoms with Gasteiger partial charge in [0.1, 0.15) is 5.69 Å². The van der Waals surface area contributed by atoms with E-state index in [4.69, 9.17) is 0 Å². The molecular weight excluding hydrogens is 320 g/mol. The third kappa shape index (κ3) is 2.69. The van der Waals surface area contributed by atoms with Gasteiger partial charge in [-0.25, -0.2) is 0 Å². The Morgan fingerprint density at radius 3 is 2.35 bits per heavy atom. The summed E-state index contributed by atoms with van der Waals surface area (Å²) in [5, 5.41) is 3.40. The molecule has 1 aromatic heterocycles. The fourth-order valence-electron chi connectivity index (χ4n) is 6.21. The van der Waals surface area contributed by atoms with Crippen LogP contribution in [0.15, 0.2) is 30.5 Å². The number of hydrogen-bond acceptors (Lipinski definition) is 1. The summed E-state index contributed by atoms with van der Waals surface area (Å²) in [6, 6.07) is 8.86. The van der Waals surface area contributed by atoms with E-state index < -0.39 is 0 Å². The van der Waals surface area contributed by atoms with Gasteiger partial charge in [-0.05, 0) is 86.8 Å². The number of aryl methyl sites for hydroxylation is 2. The average molecular weight is 348 g/mol. The van der Waals surface area contributed by atoms with E-state index in [1.807, 2.05) is 12.3 Å². The van der Waals surface area contributed by atoms with E-state index in [9.17, 15) is 4.79 Å². The summed E-state index contributed by atoms with van der Waals surface area (Å²) in [6.45, 7) is 4.24. The second kappa shape index (κ2) is 6.00. The lowest BCUT2D eigenvalue weighted by molar-refractivity contribution is -0.0120. The summed E-state index contributed by atoms with van der Waals surface area (Å²) < 4.78 is 0. The first-order valence-electron chi connectivity index (χ1n) is 10.1. The van der Waals surface area contributed by atoms with Crippen molar-refractivity contribution in [2.45, 2.75) is 52.0 Å². The van der Waals surface area contributed by atoms with Crippen molar-refractivity contribution in [2.24, 2.45) is 23.7 Å². The molecule has 0 spiro atoms. The van der Waals surface area contributed by atoms with Crippen LogP contribution < -0.4 is 5.32 Å². The van der Waals surface area contributed by atoms with E-state index in [1.54, 1.807) is 0 Å². The summed E-state index contributed by atoms with van der Waals surface area (Å²) in [7, 11) is 0. The molecule has 2 aromatic rings. The number of carbonyl (C=O) groups excluding carboxylic acids is 1. The zero-order chi connectivity index (χ0) is 17.8. The van der Waals surface area contributed by atoms with Crippen LogP contribution >= 0.6 is 0 Å². The van der Waals surface area contributed by atoms with Gasteiger partial charge >= 0.3 is 0 Å². The number of hydrogen-bond donors (Lipinski definition) is 2. The minimum Gasteiger partial charge on any atom is -0.357 e. The Morgan fingerprint density at radius 1 is 1.00 bits per heavy atom. The molecule has 4 fully saturated rings. The van der Waals surface area contributed by atoms with Gasteiger partial charge in [0, 0.05) is 17.8 Å². The van der Waals surface area contributed by atoms with Crippen LogP contribution in [0.25, 0.3) is 11.1 Å². The van der Waals surface area contributed by atoms with Crippen LogP contribution in [0.1, 0.15) is 53.7 Å². The zero-order valence-electron chi connectivity index (χ0n) is 15.7. The molecule has 1 amide bonds. The zero-order valence-corrected chi connectivity index (χ0v) is 15.7. The number of nitrogens with one attached hydrogen (secondary N) is 2. The number of rotatable bonds is 3. The third-order valence-electron chi connectivity index (χ3n) is 7.15. The lowest BCUT2D eigenvalue weighted by Gasteiger charge is -2.54. The van der Waals surface area contributed by atoms with Gasteiger partial charge < -0.3 is 10.3 Å². The van der Waals surface area contributed by atoms with E-state index in [0.29, 0.717) is 23.6 Å². The fourth-order valence-corrected chi connectivity index (χ4v) is 6.21. The second-order valence-electron chi connectivity index (χ2n) is 9.05. The third-order valence-corrected chi connectivity index (χ3v) is 7.15. The largest absolute Gasteiger partial charge is 0.357 e. The number of aromatic nitrogens is 1. The van der Waals surface area contributed by atoms with Gasteiger partial charge in [-0.2, -0.15) is 0 Å². The summed E-state index contributed by atoms with van der Waals surface area (Å²) >= 11 is 0. The van der Waals surface area contributed by atoms with Crippen LogP contribution in [-0.2, 0) is 0 Å². The standard InChI is InChI=1S/C23H28N2O/c1-13-3-4-20(14(2)5-13)19-11-21(24-12-19)23(26)25-22-17-7-15-6-16(9-17)10-18(22)8-15/h3-5,11-12,15-18,22,24H,6-10H2,1-2H3,(H,25,26). The van der Waals surface area contributed by atoms with Crippen molar-refractivity contribution in [1.29, 1.82) is 0 Å².